The highest BCUT2D eigenvalue weighted by Gasteiger charge is 2.27. The molecule has 6 nitrogen and oxygen atoms in total. The van der Waals surface area contributed by atoms with Gasteiger partial charge < -0.3 is 9.64 Å². The monoisotopic (exact) mass is 420 g/mol. The fourth-order valence-corrected chi connectivity index (χ4v) is 5.20. The lowest BCUT2D eigenvalue weighted by Crippen LogP contribution is -2.37. The first-order chi connectivity index (χ1) is 13.3. The maximum Gasteiger partial charge on any atom is 0.240 e. The molecule has 0 radical (unpaired) electrons. The predicted octanol–water partition coefficient (Wildman–Crippen LogP) is 3.41. The zero-order valence-electron chi connectivity index (χ0n) is 16.1. The lowest BCUT2D eigenvalue weighted by atomic mass is 10.2. The second kappa shape index (κ2) is 8.55. The quantitative estimate of drug-likeness (QED) is 0.775. The number of nitrogens with zero attached hydrogens (tertiary/aromatic N) is 1. The molecular weight excluding hydrogens is 396 g/mol. The Labute approximate surface area is 170 Å². The molecule has 0 saturated carbocycles. The van der Waals surface area contributed by atoms with E-state index in [9.17, 15) is 13.2 Å². The number of hydrogen-bond acceptors (Lipinski definition) is 5. The van der Waals surface area contributed by atoms with Gasteiger partial charge in [-0.2, -0.15) is 0 Å². The summed E-state index contributed by atoms with van der Waals surface area (Å²) in [5.74, 6) is 0.563. The van der Waals surface area contributed by atoms with Crippen molar-refractivity contribution in [2.24, 2.45) is 0 Å². The summed E-state index contributed by atoms with van der Waals surface area (Å²) in [7, 11) is -3.74. The van der Waals surface area contributed by atoms with Crippen LogP contribution in [0.5, 0.6) is 5.75 Å². The molecule has 0 aromatic heterocycles. The lowest BCUT2D eigenvalue weighted by Gasteiger charge is -2.32. The summed E-state index contributed by atoms with van der Waals surface area (Å²) in [6.07, 6.45) is 0. The zero-order valence-corrected chi connectivity index (χ0v) is 17.8. The van der Waals surface area contributed by atoms with Crippen molar-refractivity contribution < 1.29 is 17.9 Å². The smallest absolute Gasteiger partial charge is 0.240 e. The summed E-state index contributed by atoms with van der Waals surface area (Å²) < 4.78 is 33.9. The van der Waals surface area contributed by atoms with Gasteiger partial charge in [0.25, 0.3) is 0 Å². The molecule has 0 saturated heterocycles. The minimum absolute atomic E-state index is 0.0958. The molecule has 28 heavy (non-hydrogen) atoms. The van der Waals surface area contributed by atoms with E-state index in [4.69, 9.17) is 4.74 Å². The normalized spacial score (nSPS) is 16.5. The fraction of sp³-hybridized carbons (Fsp3) is 0.350. The Bertz CT molecular complexity index is 976. The average molecular weight is 421 g/mol. The lowest BCUT2D eigenvalue weighted by molar-refractivity contribution is -0.116. The molecule has 1 N–H and O–H groups in total. The number of para-hydroxylation sites is 1. The van der Waals surface area contributed by atoms with Gasteiger partial charge in [-0.25, -0.2) is 13.1 Å². The second-order valence-corrected chi connectivity index (χ2v) is 9.80. The maximum absolute atomic E-state index is 12.8. The molecular formula is C20H24N2O4S2. The van der Waals surface area contributed by atoms with E-state index >= 15 is 0 Å². The van der Waals surface area contributed by atoms with Crippen LogP contribution in [0.1, 0.15) is 26.3 Å². The molecule has 2 aromatic rings. The number of sulfonamides is 1. The van der Waals surface area contributed by atoms with Crippen molar-refractivity contribution in [2.75, 3.05) is 18.1 Å². The highest BCUT2D eigenvalue weighted by atomic mass is 32.2. The van der Waals surface area contributed by atoms with E-state index in [-0.39, 0.29) is 22.6 Å². The topological polar surface area (TPSA) is 75.7 Å². The Morgan fingerprint density at radius 3 is 2.75 bits per heavy atom. The van der Waals surface area contributed by atoms with E-state index < -0.39 is 10.0 Å². The third-order valence-corrected chi connectivity index (χ3v) is 6.95. The zero-order chi connectivity index (χ0) is 20.3. The third-order valence-electron chi connectivity index (χ3n) is 4.40. The molecule has 8 heteroatoms. The third kappa shape index (κ3) is 4.51. The highest BCUT2D eigenvalue weighted by Crippen LogP contribution is 2.39. The Morgan fingerprint density at radius 1 is 1.29 bits per heavy atom. The summed E-state index contributed by atoms with van der Waals surface area (Å²) in [6.45, 7) is 6.62. The van der Waals surface area contributed by atoms with Gasteiger partial charge in [0, 0.05) is 35.7 Å². The number of benzene rings is 2. The second-order valence-electron chi connectivity index (χ2n) is 6.55. The average Bonchev–Trinajstić information content (AvgIpc) is 2.66. The Morgan fingerprint density at radius 2 is 2.04 bits per heavy atom. The van der Waals surface area contributed by atoms with Gasteiger partial charge in [-0.15, -0.1) is 11.8 Å². The minimum Gasteiger partial charge on any atom is -0.494 e. The van der Waals surface area contributed by atoms with Gasteiger partial charge in [-0.3, -0.25) is 4.79 Å². The van der Waals surface area contributed by atoms with Crippen LogP contribution in [0.15, 0.2) is 52.3 Å². The van der Waals surface area contributed by atoms with E-state index in [0.717, 1.165) is 10.5 Å². The van der Waals surface area contributed by atoms with Gasteiger partial charge in [0.2, 0.25) is 15.9 Å². The summed E-state index contributed by atoms with van der Waals surface area (Å²) in [5.41, 5.74) is 1.41. The molecule has 1 atom stereocenters. The van der Waals surface area contributed by atoms with Crippen molar-refractivity contribution in [1.29, 1.82) is 0 Å². The number of carbonyl (C=O) groups excluding carboxylic acids is 1. The van der Waals surface area contributed by atoms with Crippen molar-refractivity contribution >= 4 is 33.4 Å². The molecule has 1 heterocycles. The van der Waals surface area contributed by atoms with E-state index in [0.29, 0.717) is 24.6 Å². The molecule has 3 rings (SSSR count). The van der Waals surface area contributed by atoms with Gasteiger partial charge in [0.05, 0.1) is 17.2 Å². The molecule has 0 bridgehead atoms. The van der Waals surface area contributed by atoms with Crippen LogP contribution in [-0.2, 0) is 21.4 Å². The number of anilines is 1. The Hall–Kier alpha value is -2.03. The first kappa shape index (κ1) is 20.7. The van der Waals surface area contributed by atoms with Crippen LogP contribution in [0.2, 0.25) is 0 Å². The fourth-order valence-electron chi connectivity index (χ4n) is 3.08. The summed E-state index contributed by atoms with van der Waals surface area (Å²) in [5, 5.41) is 0.257. The number of thioether (sulfide) groups is 1. The molecule has 0 unspecified atom stereocenters. The van der Waals surface area contributed by atoms with Crippen LogP contribution in [0.3, 0.4) is 0 Å². The highest BCUT2D eigenvalue weighted by molar-refractivity contribution is 8.00. The van der Waals surface area contributed by atoms with Gasteiger partial charge in [0.15, 0.2) is 0 Å². The largest absolute Gasteiger partial charge is 0.494 e. The number of hydrogen-bond donors (Lipinski definition) is 1. The van der Waals surface area contributed by atoms with Gasteiger partial charge in [0.1, 0.15) is 5.75 Å². The summed E-state index contributed by atoms with van der Waals surface area (Å²) in [4.78, 5) is 14.7. The molecule has 1 aliphatic rings. The minimum atomic E-state index is -3.74. The molecule has 1 aliphatic heterocycles. The maximum atomic E-state index is 12.8. The Kier molecular flexibility index (Phi) is 6.32. The van der Waals surface area contributed by atoms with E-state index in [2.05, 4.69) is 4.72 Å². The van der Waals surface area contributed by atoms with Crippen LogP contribution in [0, 0.1) is 0 Å². The standard InChI is InChI=1S/C20H24N2O4S2/c1-4-26-19-8-6-5-7-16(19)12-21-28(24,25)17-9-10-20-18(11-17)22(15(3)23)13-14(2)27-20/h5-11,14,21H,4,12-13H2,1-3H3/t14-/m1/s1. The van der Waals surface area contributed by atoms with Crippen molar-refractivity contribution in [3.63, 3.8) is 0 Å². The number of fused-ring (bicyclic) bond motifs is 1. The number of rotatable bonds is 6. The number of amides is 1. The van der Waals surface area contributed by atoms with E-state index in [1.54, 1.807) is 34.9 Å². The Balaban J connectivity index is 1.85. The van der Waals surface area contributed by atoms with Gasteiger partial charge in [-0.05, 0) is 31.2 Å². The van der Waals surface area contributed by atoms with E-state index in [1.165, 1.54) is 6.92 Å². The molecule has 1 amide bonds. The van der Waals surface area contributed by atoms with Crippen molar-refractivity contribution in [1.82, 2.24) is 4.72 Å². The molecule has 2 aromatic carbocycles. The molecule has 0 aliphatic carbocycles. The number of ether oxygens (including phenoxy) is 1. The predicted molar refractivity (Wildman–Crippen MR) is 111 cm³/mol. The van der Waals surface area contributed by atoms with Gasteiger partial charge >= 0.3 is 0 Å². The first-order valence-corrected chi connectivity index (χ1v) is 11.5. The summed E-state index contributed by atoms with van der Waals surface area (Å²) in [6, 6.07) is 12.3. The van der Waals surface area contributed by atoms with Crippen LogP contribution in [0.25, 0.3) is 0 Å². The number of nitrogens with one attached hydrogen (secondary N) is 1. The summed E-state index contributed by atoms with van der Waals surface area (Å²) >= 11 is 1.64. The van der Waals surface area contributed by atoms with Crippen molar-refractivity contribution in [3.8, 4) is 5.75 Å². The van der Waals surface area contributed by atoms with E-state index in [1.807, 2.05) is 38.1 Å². The van der Waals surface area contributed by atoms with Crippen molar-refractivity contribution in [2.45, 2.75) is 42.4 Å². The van der Waals surface area contributed by atoms with Crippen LogP contribution in [-0.4, -0.2) is 32.7 Å². The van der Waals surface area contributed by atoms with Crippen LogP contribution >= 0.6 is 11.8 Å². The van der Waals surface area contributed by atoms with Crippen LogP contribution in [0.4, 0.5) is 5.69 Å². The SMILES string of the molecule is CCOc1ccccc1CNS(=O)(=O)c1ccc2c(c1)N(C(C)=O)C[C@@H](C)S2. The molecule has 150 valence electrons. The van der Waals surface area contributed by atoms with Gasteiger partial charge in [-0.1, -0.05) is 25.1 Å². The number of carbonyl (C=O) groups is 1. The molecule has 0 spiro atoms. The first-order valence-electron chi connectivity index (χ1n) is 9.11. The van der Waals surface area contributed by atoms with Crippen LogP contribution < -0.4 is 14.4 Å². The van der Waals surface area contributed by atoms with Crippen molar-refractivity contribution in [3.05, 3.63) is 48.0 Å². The molecule has 0 fully saturated rings.